The van der Waals surface area contributed by atoms with Crippen LogP contribution in [0.1, 0.15) is 26.3 Å². The summed E-state index contributed by atoms with van der Waals surface area (Å²) in [6, 6.07) is 2.45. The number of methoxy groups -OCH3 is 1. The molecule has 0 bridgehead atoms. The fourth-order valence-corrected chi connectivity index (χ4v) is 1.29. The van der Waals surface area contributed by atoms with Crippen LogP contribution in [0.2, 0.25) is 0 Å². The quantitative estimate of drug-likeness (QED) is 0.815. The van der Waals surface area contributed by atoms with Gasteiger partial charge in [0.1, 0.15) is 0 Å². The van der Waals surface area contributed by atoms with Crippen molar-refractivity contribution >= 4 is 11.9 Å². The second-order valence-electron chi connectivity index (χ2n) is 3.02. The maximum atomic E-state index is 12.6. The lowest BCUT2D eigenvalue weighted by molar-refractivity contribution is -0.138. The van der Waals surface area contributed by atoms with E-state index < -0.39 is 34.8 Å². The highest BCUT2D eigenvalue weighted by atomic mass is 19.4. The summed E-state index contributed by atoms with van der Waals surface area (Å²) in [6.07, 6.45) is -4.82. The third-order valence-electron chi connectivity index (χ3n) is 1.99. The molecule has 7 heteroatoms. The summed E-state index contributed by atoms with van der Waals surface area (Å²) in [4.78, 5) is 22.0. The Hall–Kier alpha value is -2.05. The van der Waals surface area contributed by atoms with Gasteiger partial charge in [-0.15, -0.1) is 0 Å². The van der Waals surface area contributed by atoms with Crippen molar-refractivity contribution in [2.45, 2.75) is 6.18 Å². The van der Waals surface area contributed by atoms with Gasteiger partial charge in [-0.1, -0.05) is 6.07 Å². The smallest absolute Gasteiger partial charge is 0.417 e. The normalized spacial score (nSPS) is 11.1. The number of esters is 1. The van der Waals surface area contributed by atoms with Gasteiger partial charge in [0, 0.05) is 0 Å². The minimum atomic E-state index is -4.82. The Balaban J connectivity index is 3.57. The standard InChI is InChI=1S/C10H7F3O4/c1-17-9(16)7-5(8(14)15)3-2-4-6(7)10(11,12)13/h2-4H,1H3,(H,14,15). The Labute approximate surface area is 93.6 Å². The van der Waals surface area contributed by atoms with Crippen LogP contribution in [0.15, 0.2) is 18.2 Å². The van der Waals surface area contributed by atoms with E-state index in [2.05, 4.69) is 4.74 Å². The number of hydrogen-bond acceptors (Lipinski definition) is 3. The molecule has 0 saturated carbocycles. The van der Waals surface area contributed by atoms with Crippen LogP contribution in [-0.2, 0) is 10.9 Å². The minimum absolute atomic E-state index is 0.624. The molecule has 4 nitrogen and oxygen atoms in total. The minimum Gasteiger partial charge on any atom is -0.478 e. The van der Waals surface area contributed by atoms with Gasteiger partial charge >= 0.3 is 18.1 Å². The molecule has 0 unspecified atom stereocenters. The fourth-order valence-electron chi connectivity index (χ4n) is 1.29. The van der Waals surface area contributed by atoms with Crippen molar-refractivity contribution in [3.63, 3.8) is 0 Å². The van der Waals surface area contributed by atoms with Gasteiger partial charge < -0.3 is 9.84 Å². The zero-order chi connectivity index (χ0) is 13.2. The molecule has 0 radical (unpaired) electrons. The van der Waals surface area contributed by atoms with Gasteiger partial charge in [0.25, 0.3) is 0 Å². The van der Waals surface area contributed by atoms with Gasteiger partial charge in [-0.2, -0.15) is 13.2 Å². The highest BCUT2D eigenvalue weighted by Crippen LogP contribution is 2.33. The lowest BCUT2D eigenvalue weighted by atomic mass is 10.0. The first-order valence-electron chi connectivity index (χ1n) is 4.31. The molecule has 17 heavy (non-hydrogen) atoms. The fraction of sp³-hybridized carbons (Fsp3) is 0.200. The second-order valence-corrected chi connectivity index (χ2v) is 3.02. The molecule has 92 valence electrons. The largest absolute Gasteiger partial charge is 0.478 e. The topological polar surface area (TPSA) is 63.6 Å². The van der Waals surface area contributed by atoms with E-state index in [-0.39, 0.29) is 0 Å². The molecule has 1 aromatic carbocycles. The highest BCUT2D eigenvalue weighted by molar-refractivity contribution is 6.03. The zero-order valence-corrected chi connectivity index (χ0v) is 8.54. The summed E-state index contributed by atoms with van der Waals surface area (Å²) < 4.78 is 41.9. The molecule has 0 amide bonds. The predicted molar refractivity (Wildman–Crippen MR) is 49.7 cm³/mol. The number of carbonyl (C=O) groups is 2. The summed E-state index contributed by atoms with van der Waals surface area (Å²) in [6.45, 7) is 0. The molecular weight excluding hydrogens is 241 g/mol. The lowest BCUT2D eigenvalue weighted by Crippen LogP contribution is -2.18. The van der Waals surface area contributed by atoms with Gasteiger partial charge in [-0.25, -0.2) is 9.59 Å². The molecule has 0 atom stereocenters. The monoisotopic (exact) mass is 248 g/mol. The van der Waals surface area contributed by atoms with Gasteiger partial charge in [-0.3, -0.25) is 0 Å². The van der Waals surface area contributed by atoms with Crippen molar-refractivity contribution in [1.29, 1.82) is 0 Å². The molecule has 1 N–H and O–H groups in total. The maximum absolute atomic E-state index is 12.6. The van der Waals surface area contributed by atoms with Crippen LogP contribution >= 0.6 is 0 Å². The number of hydrogen-bond donors (Lipinski definition) is 1. The maximum Gasteiger partial charge on any atom is 0.417 e. The number of ether oxygens (including phenoxy) is 1. The number of benzene rings is 1. The number of aromatic carboxylic acids is 1. The highest BCUT2D eigenvalue weighted by Gasteiger charge is 2.37. The Bertz CT molecular complexity index is 465. The van der Waals surface area contributed by atoms with Crippen LogP contribution < -0.4 is 0 Å². The van der Waals surface area contributed by atoms with Crippen molar-refractivity contribution in [1.82, 2.24) is 0 Å². The molecule has 0 heterocycles. The Morgan fingerprint density at radius 1 is 1.29 bits per heavy atom. The van der Waals surface area contributed by atoms with E-state index in [1.54, 1.807) is 0 Å². The van der Waals surface area contributed by atoms with Crippen molar-refractivity contribution in [2.75, 3.05) is 7.11 Å². The van der Waals surface area contributed by atoms with Crippen molar-refractivity contribution < 1.29 is 32.6 Å². The summed E-state index contributed by atoms with van der Waals surface area (Å²) >= 11 is 0. The first-order chi connectivity index (χ1) is 7.79. The van der Waals surface area contributed by atoms with E-state index in [4.69, 9.17) is 5.11 Å². The van der Waals surface area contributed by atoms with Crippen molar-refractivity contribution in [3.8, 4) is 0 Å². The van der Waals surface area contributed by atoms with E-state index >= 15 is 0 Å². The van der Waals surface area contributed by atoms with E-state index in [0.29, 0.717) is 6.07 Å². The van der Waals surface area contributed by atoms with Crippen LogP contribution in [0.4, 0.5) is 13.2 Å². The molecule has 1 aromatic rings. The van der Waals surface area contributed by atoms with E-state index in [1.807, 2.05) is 0 Å². The summed E-state index contributed by atoms with van der Waals surface area (Å²) in [5.41, 5.74) is -3.06. The lowest BCUT2D eigenvalue weighted by Gasteiger charge is -2.13. The molecule has 1 rings (SSSR count). The number of carboxylic acids is 1. The zero-order valence-electron chi connectivity index (χ0n) is 8.54. The number of alkyl halides is 3. The number of carboxylic acid groups (broad SMARTS) is 1. The number of carbonyl (C=O) groups excluding carboxylic acids is 1. The summed E-state index contributed by atoms with van der Waals surface area (Å²) in [5.74, 6) is -2.97. The van der Waals surface area contributed by atoms with Crippen LogP contribution in [0, 0.1) is 0 Å². The Morgan fingerprint density at radius 3 is 2.29 bits per heavy atom. The molecule has 0 aliphatic rings. The molecular formula is C10H7F3O4. The van der Waals surface area contributed by atoms with Gasteiger partial charge in [0.05, 0.1) is 23.8 Å². The van der Waals surface area contributed by atoms with Crippen LogP contribution in [0.5, 0.6) is 0 Å². The van der Waals surface area contributed by atoms with Crippen molar-refractivity contribution in [2.24, 2.45) is 0 Å². The molecule has 0 aliphatic heterocycles. The van der Waals surface area contributed by atoms with Crippen LogP contribution in [-0.4, -0.2) is 24.2 Å². The van der Waals surface area contributed by atoms with Gasteiger partial charge in [0.2, 0.25) is 0 Å². The number of rotatable bonds is 2. The average molecular weight is 248 g/mol. The average Bonchev–Trinajstić information content (AvgIpc) is 2.25. The van der Waals surface area contributed by atoms with Crippen LogP contribution in [0.3, 0.4) is 0 Å². The first kappa shape index (κ1) is 13.0. The first-order valence-corrected chi connectivity index (χ1v) is 4.31. The molecule has 0 spiro atoms. The van der Waals surface area contributed by atoms with E-state index in [1.165, 1.54) is 0 Å². The predicted octanol–water partition coefficient (Wildman–Crippen LogP) is 2.19. The molecule has 0 fully saturated rings. The van der Waals surface area contributed by atoms with E-state index in [9.17, 15) is 22.8 Å². The molecule has 0 saturated heterocycles. The SMILES string of the molecule is COC(=O)c1c(C(=O)O)cccc1C(F)(F)F. The third kappa shape index (κ3) is 2.55. The van der Waals surface area contributed by atoms with Crippen molar-refractivity contribution in [3.05, 3.63) is 34.9 Å². The number of halogens is 3. The third-order valence-corrected chi connectivity index (χ3v) is 1.99. The summed E-state index contributed by atoms with van der Waals surface area (Å²) in [5, 5.41) is 8.73. The van der Waals surface area contributed by atoms with Gasteiger partial charge in [0.15, 0.2) is 0 Å². The Morgan fingerprint density at radius 2 is 1.88 bits per heavy atom. The second kappa shape index (κ2) is 4.44. The summed E-state index contributed by atoms with van der Waals surface area (Å²) in [7, 11) is 0.876. The van der Waals surface area contributed by atoms with Gasteiger partial charge in [-0.05, 0) is 12.1 Å². The van der Waals surface area contributed by atoms with Crippen LogP contribution in [0.25, 0.3) is 0 Å². The van der Waals surface area contributed by atoms with E-state index in [0.717, 1.165) is 19.2 Å². The molecule has 0 aromatic heterocycles. The Kier molecular flexibility index (Phi) is 3.40. The molecule has 0 aliphatic carbocycles.